The van der Waals surface area contributed by atoms with E-state index in [1.54, 1.807) is 6.92 Å². The van der Waals surface area contributed by atoms with E-state index in [9.17, 15) is 24.9 Å². The smallest absolute Gasteiger partial charge is 0.226 e. The van der Waals surface area contributed by atoms with Crippen molar-refractivity contribution in [2.45, 2.75) is 76.3 Å². The molecule has 1 aliphatic heterocycles. The number of piperidine rings is 1. The molecule has 5 rings (SSSR count). The SMILES string of the molecule is C=C1C[C@]23C[C@@]1(O)CC[C@H]2C1=C[C@@H](OC)[C@H](O)[C@@](C)(C(C)=O)[C@H]1[C@@H]3C(=O)N1CCC(O)CC1. The number of likely N-dealkylation sites (tertiary alicyclic amines) is 1. The highest BCUT2D eigenvalue weighted by molar-refractivity contribution is 5.88. The number of carbonyl (C=O) groups is 2. The molecule has 182 valence electrons. The van der Waals surface area contributed by atoms with Crippen molar-refractivity contribution in [1.82, 2.24) is 4.90 Å². The van der Waals surface area contributed by atoms with Crippen LogP contribution >= 0.6 is 0 Å². The van der Waals surface area contributed by atoms with Gasteiger partial charge >= 0.3 is 0 Å². The molecule has 8 atom stereocenters. The lowest BCUT2D eigenvalue weighted by Crippen LogP contribution is -2.58. The summed E-state index contributed by atoms with van der Waals surface area (Å²) in [4.78, 5) is 29.3. The van der Waals surface area contributed by atoms with Crippen molar-refractivity contribution in [3.63, 3.8) is 0 Å². The van der Waals surface area contributed by atoms with Gasteiger partial charge in [-0.3, -0.25) is 9.59 Å². The largest absolute Gasteiger partial charge is 0.393 e. The van der Waals surface area contributed by atoms with Gasteiger partial charge in [-0.1, -0.05) is 18.2 Å². The van der Waals surface area contributed by atoms with E-state index in [0.29, 0.717) is 45.2 Å². The highest BCUT2D eigenvalue weighted by atomic mass is 16.5. The van der Waals surface area contributed by atoms with E-state index < -0.39 is 46.6 Å². The first-order chi connectivity index (χ1) is 15.5. The van der Waals surface area contributed by atoms with Crippen molar-refractivity contribution < 1.29 is 29.6 Å². The summed E-state index contributed by atoms with van der Waals surface area (Å²) in [5, 5.41) is 32.7. The van der Waals surface area contributed by atoms with Gasteiger partial charge in [0.1, 0.15) is 11.9 Å². The number of allylic oxidation sites excluding steroid dienone is 1. The van der Waals surface area contributed by atoms with E-state index in [-0.39, 0.29) is 17.6 Å². The van der Waals surface area contributed by atoms with Gasteiger partial charge in [0.25, 0.3) is 0 Å². The summed E-state index contributed by atoms with van der Waals surface area (Å²) in [5.41, 5.74) is -0.851. The van der Waals surface area contributed by atoms with E-state index in [0.717, 1.165) is 17.6 Å². The molecule has 0 radical (unpaired) electrons. The van der Waals surface area contributed by atoms with Gasteiger partial charge < -0.3 is 25.0 Å². The van der Waals surface area contributed by atoms with Crippen LogP contribution in [0.2, 0.25) is 0 Å². The number of hydrogen-bond donors (Lipinski definition) is 3. The third-order valence-corrected chi connectivity index (χ3v) is 10.1. The van der Waals surface area contributed by atoms with Crippen LogP contribution in [0, 0.1) is 28.6 Å². The van der Waals surface area contributed by atoms with E-state index in [1.807, 2.05) is 11.0 Å². The Morgan fingerprint density at radius 2 is 1.88 bits per heavy atom. The summed E-state index contributed by atoms with van der Waals surface area (Å²) in [7, 11) is 1.54. The van der Waals surface area contributed by atoms with Crippen LogP contribution in [0.25, 0.3) is 0 Å². The fourth-order valence-electron chi connectivity index (χ4n) is 8.17. The van der Waals surface area contributed by atoms with Crippen LogP contribution in [0.5, 0.6) is 0 Å². The fourth-order valence-corrected chi connectivity index (χ4v) is 8.17. The predicted molar refractivity (Wildman–Crippen MR) is 121 cm³/mol. The summed E-state index contributed by atoms with van der Waals surface area (Å²) < 4.78 is 5.61. The number of amides is 1. The maximum Gasteiger partial charge on any atom is 0.226 e. The number of fused-ring (bicyclic) bond motifs is 3. The molecule has 33 heavy (non-hydrogen) atoms. The lowest BCUT2D eigenvalue weighted by Gasteiger charge is -2.48. The molecule has 2 bridgehead atoms. The molecule has 7 heteroatoms. The summed E-state index contributed by atoms with van der Waals surface area (Å²) in [6.45, 7) is 8.45. The van der Waals surface area contributed by atoms with Gasteiger partial charge in [-0.15, -0.1) is 0 Å². The van der Waals surface area contributed by atoms with Crippen LogP contribution in [0.1, 0.15) is 52.4 Å². The van der Waals surface area contributed by atoms with E-state index in [2.05, 4.69) is 6.58 Å². The van der Waals surface area contributed by atoms with Crippen molar-refractivity contribution >= 4 is 11.7 Å². The average Bonchev–Trinajstić information content (AvgIpc) is 3.16. The van der Waals surface area contributed by atoms with Crippen molar-refractivity contribution in [3.8, 4) is 0 Å². The zero-order valence-corrected chi connectivity index (χ0v) is 19.9. The molecule has 0 unspecified atom stereocenters. The molecular weight excluding hydrogens is 422 g/mol. The second-order valence-corrected chi connectivity index (χ2v) is 11.5. The first-order valence-corrected chi connectivity index (χ1v) is 12.3. The van der Waals surface area contributed by atoms with Crippen molar-refractivity contribution in [3.05, 3.63) is 23.8 Å². The molecular formula is C26H37NO6. The van der Waals surface area contributed by atoms with Gasteiger partial charge in [0, 0.05) is 26.1 Å². The van der Waals surface area contributed by atoms with Crippen LogP contribution in [0.4, 0.5) is 0 Å². The number of hydrogen-bond acceptors (Lipinski definition) is 6. The number of Topliss-reactive ketones (excluding diaryl/α,β-unsaturated/α-hetero) is 1. The number of methoxy groups -OCH3 is 1. The molecule has 1 heterocycles. The van der Waals surface area contributed by atoms with Gasteiger partial charge in [-0.05, 0) is 69.3 Å². The van der Waals surface area contributed by atoms with E-state index >= 15 is 0 Å². The highest BCUT2D eigenvalue weighted by Gasteiger charge is 2.73. The second kappa shape index (κ2) is 7.48. The minimum Gasteiger partial charge on any atom is -0.393 e. The topological polar surface area (TPSA) is 107 Å². The van der Waals surface area contributed by atoms with Crippen LogP contribution in [-0.2, 0) is 14.3 Å². The lowest BCUT2D eigenvalue weighted by atomic mass is 9.58. The van der Waals surface area contributed by atoms with Crippen molar-refractivity contribution in [2.24, 2.45) is 28.6 Å². The molecule has 3 saturated carbocycles. The first-order valence-electron chi connectivity index (χ1n) is 12.3. The third-order valence-electron chi connectivity index (χ3n) is 10.1. The molecule has 0 aromatic carbocycles. The number of carbonyl (C=O) groups excluding carboxylic acids is 2. The van der Waals surface area contributed by atoms with Crippen LogP contribution < -0.4 is 0 Å². The number of nitrogens with zero attached hydrogens (tertiary/aromatic N) is 1. The average molecular weight is 460 g/mol. The summed E-state index contributed by atoms with van der Waals surface area (Å²) in [5.74, 6) is -1.11. The molecule has 0 aromatic heterocycles. The normalized spacial score (nSPS) is 47.2. The summed E-state index contributed by atoms with van der Waals surface area (Å²) >= 11 is 0. The zero-order valence-electron chi connectivity index (χ0n) is 19.9. The van der Waals surface area contributed by atoms with Crippen molar-refractivity contribution in [1.29, 1.82) is 0 Å². The minimum atomic E-state index is -1.17. The van der Waals surface area contributed by atoms with Crippen LogP contribution in [0.3, 0.4) is 0 Å². The van der Waals surface area contributed by atoms with Gasteiger partial charge in [-0.25, -0.2) is 0 Å². The monoisotopic (exact) mass is 459 g/mol. The lowest BCUT2D eigenvalue weighted by molar-refractivity contribution is -0.158. The Balaban J connectivity index is 1.68. The number of ether oxygens (including phenoxy) is 1. The zero-order chi connectivity index (χ0) is 23.9. The Bertz CT molecular complexity index is 922. The molecule has 7 nitrogen and oxygen atoms in total. The second-order valence-electron chi connectivity index (χ2n) is 11.5. The highest BCUT2D eigenvalue weighted by Crippen LogP contribution is 2.73. The van der Waals surface area contributed by atoms with Gasteiger partial charge in [0.05, 0.1) is 29.1 Å². The Hall–Kier alpha value is -1.54. The number of rotatable bonds is 3. The Kier molecular flexibility index (Phi) is 5.26. The molecule has 4 fully saturated rings. The van der Waals surface area contributed by atoms with E-state index in [4.69, 9.17) is 4.74 Å². The van der Waals surface area contributed by atoms with E-state index in [1.165, 1.54) is 14.0 Å². The predicted octanol–water partition coefficient (Wildman–Crippen LogP) is 1.60. The molecule has 1 spiro atoms. The minimum absolute atomic E-state index is 0.0187. The van der Waals surface area contributed by atoms with Crippen LogP contribution in [0.15, 0.2) is 23.8 Å². The Morgan fingerprint density at radius 3 is 2.48 bits per heavy atom. The molecule has 5 aliphatic rings. The van der Waals surface area contributed by atoms with Crippen LogP contribution in [-0.4, -0.2) is 76.0 Å². The molecule has 3 N–H and O–H groups in total. The number of ketones is 1. The maximum atomic E-state index is 14.3. The first kappa shape index (κ1) is 23.2. The molecule has 1 amide bonds. The quantitative estimate of drug-likeness (QED) is 0.554. The number of aliphatic hydroxyl groups excluding tert-OH is 2. The standard InChI is InChI=1S/C26H37NO6/c1-14-12-25-13-26(14,32)8-5-18(25)17-11-19(33-4)22(30)24(3,15(2)28)20(17)21(25)23(31)27-9-6-16(29)7-10-27/h11,16,18-22,29-30,32H,1,5-10,12-13H2,2-4H3/t18-,19+,20+,21+,22-,24-,25-,26-/m0/s1. The maximum absolute atomic E-state index is 14.3. The molecule has 4 aliphatic carbocycles. The Morgan fingerprint density at radius 1 is 1.21 bits per heavy atom. The van der Waals surface area contributed by atoms with Gasteiger partial charge in [0.15, 0.2) is 0 Å². The summed E-state index contributed by atoms with van der Waals surface area (Å²) in [6, 6.07) is 0. The summed E-state index contributed by atoms with van der Waals surface area (Å²) in [6.07, 6.45) is 3.30. The van der Waals surface area contributed by atoms with Gasteiger partial charge in [0.2, 0.25) is 5.91 Å². The molecule has 0 aromatic rings. The fraction of sp³-hybridized carbons (Fsp3) is 0.769. The number of aliphatic hydroxyl groups is 3. The van der Waals surface area contributed by atoms with Crippen molar-refractivity contribution in [2.75, 3.05) is 20.2 Å². The van der Waals surface area contributed by atoms with Gasteiger partial charge in [-0.2, -0.15) is 0 Å². The Labute approximate surface area is 195 Å². The third kappa shape index (κ3) is 2.95. The molecule has 1 saturated heterocycles.